The van der Waals surface area contributed by atoms with E-state index in [1.807, 2.05) is 6.20 Å². The summed E-state index contributed by atoms with van der Waals surface area (Å²) in [5, 5.41) is 9.39. The maximum Gasteiger partial charge on any atom is 0.135 e. The molecule has 0 radical (unpaired) electrons. The van der Waals surface area contributed by atoms with Gasteiger partial charge >= 0.3 is 0 Å². The molecular formula is C43H30N2O. The first kappa shape index (κ1) is 26.4. The molecular weight excluding hydrogens is 560 g/mol. The van der Waals surface area contributed by atoms with Crippen LogP contribution < -0.4 is 10.2 Å². The van der Waals surface area contributed by atoms with E-state index in [0.29, 0.717) is 6.54 Å². The SMILES string of the molecule is C1=Cc2c(oc3ccc(N(c4ccc(-c5ccc6ccccc6c5)cc4)c4ccc(-c5ccc6ccccc6c5)cc4)cc23)CN1. The average Bonchev–Trinajstić information content (AvgIpc) is 3.50. The molecule has 1 aromatic heterocycles. The molecule has 0 bridgehead atoms. The van der Waals surface area contributed by atoms with Gasteiger partial charge < -0.3 is 14.6 Å². The summed E-state index contributed by atoms with van der Waals surface area (Å²) in [6.07, 6.45) is 4.11. The fourth-order valence-electron chi connectivity index (χ4n) is 6.69. The molecule has 0 fully saturated rings. The molecule has 3 nitrogen and oxygen atoms in total. The lowest BCUT2D eigenvalue weighted by Crippen LogP contribution is -2.10. The standard InChI is InChI=1S/C43H30N2O/c1-3-7-33-25-35(11-9-29(33)5-1)31-13-17-37(18-14-31)45(39-21-22-42-41(27-39)40-23-24-44-28-43(40)46-42)38-19-15-32(16-20-38)36-12-10-30-6-2-4-8-34(30)26-36/h1-27,44H,28H2. The van der Waals surface area contributed by atoms with Gasteiger partial charge in [0.1, 0.15) is 11.3 Å². The number of nitrogens with one attached hydrogen (secondary N) is 1. The van der Waals surface area contributed by atoms with Gasteiger partial charge in [0.2, 0.25) is 0 Å². The van der Waals surface area contributed by atoms with E-state index in [1.54, 1.807) is 0 Å². The molecule has 46 heavy (non-hydrogen) atoms. The van der Waals surface area contributed by atoms with E-state index < -0.39 is 0 Å². The van der Waals surface area contributed by atoms with Crippen LogP contribution in [0.2, 0.25) is 0 Å². The van der Waals surface area contributed by atoms with E-state index in [4.69, 9.17) is 4.42 Å². The number of fused-ring (bicyclic) bond motifs is 5. The van der Waals surface area contributed by atoms with E-state index in [1.165, 1.54) is 43.8 Å². The summed E-state index contributed by atoms with van der Waals surface area (Å²) in [6.45, 7) is 0.700. The van der Waals surface area contributed by atoms with Crippen LogP contribution in [0.3, 0.4) is 0 Å². The lowest BCUT2D eigenvalue weighted by atomic mass is 10.00. The van der Waals surface area contributed by atoms with Crippen LogP contribution in [-0.2, 0) is 6.54 Å². The zero-order valence-electron chi connectivity index (χ0n) is 25.2. The third kappa shape index (κ3) is 4.61. The van der Waals surface area contributed by atoms with Crippen LogP contribution in [0.25, 0.3) is 60.8 Å². The molecule has 1 N–H and O–H groups in total. The van der Waals surface area contributed by atoms with Crippen molar-refractivity contribution in [2.75, 3.05) is 4.90 Å². The van der Waals surface area contributed by atoms with E-state index in [-0.39, 0.29) is 0 Å². The summed E-state index contributed by atoms with van der Waals surface area (Å²) in [5.74, 6) is 0.973. The Bertz CT molecular complexity index is 2290. The highest BCUT2D eigenvalue weighted by Crippen LogP contribution is 2.40. The van der Waals surface area contributed by atoms with Crippen LogP contribution in [0, 0.1) is 0 Å². The highest BCUT2D eigenvalue weighted by Gasteiger charge is 2.19. The molecule has 1 aliphatic rings. The Morgan fingerprint density at radius 3 is 1.59 bits per heavy atom. The van der Waals surface area contributed by atoms with Gasteiger partial charge in [0.05, 0.1) is 6.54 Å². The number of hydrogen-bond acceptors (Lipinski definition) is 3. The lowest BCUT2D eigenvalue weighted by molar-refractivity contribution is 0.532. The Kier molecular flexibility index (Phi) is 6.20. The van der Waals surface area contributed by atoms with Crippen molar-refractivity contribution in [3.05, 3.63) is 169 Å². The van der Waals surface area contributed by atoms with E-state index in [9.17, 15) is 0 Å². The third-order valence-corrected chi connectivity index (χ3v) is 9.09. The van der Waals surface area contributed by atoms with Gasteiger partial charge in [-0.2, -0.15) is 0 Å². The zero-order chi connectivity index (χ0) is 30.5. The molecule has 8 aromatic rings. The molecule has 2 heterocycles. The second kappa shape index (κ2) is 10.8. The predicted octanol–water partition coefficient (Wildman–Crippen LogP) is 11.6. The van der Waals surface area contributed by atoms with Crippen molar-refractivity contribution >= 4 is 55.7 Å². The lowest BCUT2D eigenvalue weighted by Gasteiger charge is -2.26. The van der Waals surface area contributed by atoms with Crippen LogP contribution in [0.15, 0.2) is 162 Å². The van der Waals surface area contributed by atoms with E-state index in [2.05, 4.69) is 168 Å². The maximum absolute atomic E-state index is 6.19. The first-order valence-electron chi connectivity index (χ1n) is 15.7. The third-order valence-electron chi connectivity index (χ3n) is 9.09. The first-order valence-corrected chi connectivity index (χ1v) is 15.7. The molecule has 0 unspecified atom stereocenters. The molecule has 0 amide bonds. The van der Waals surface area contributed by atoms with Gasteiger partial charge in [0.25, 0.3) is 0 Å². The summed E-state index contributed by atoms with van der Waals surface area (Å²) in [6, 6.07) is 54.7. The van der Waals surface area contributed by atoms with E-state index >= 15 is 0 Å². The number of anilines is 3. The molecule has 0 saturated heterocycles. The molecule has 9 rings (SSSR count). The number of rotatable bonds is 5. The Labute approximate surface area is 267 Å². The maximum atomic E-state index is 6.19. The normalized spacial score (nSPS) is 12.3. The average molecular weight is 591 g/mol. The van der Waals surface area contributed by atoms with Gasteiger partial charge in [-0.1, -0.05) is 97.1 Å². The van der Waals surface area contributed by atoms with Crippen LogP contribution in [0.4, 0.5) is 17.1 Å². The predicted molar refractivity (Wildman–Crippen MR) is 193 cm³/mol. The van der Waals surface area contributed by atoms with Crippen molar-refractivity contribution in [1.29, 1.82) is 0 Å². The van der Waals surface area contributed by atoms with Crippen molar-refractivity contribution in [2.24, 2.45) is 0 Å². The van der Waals surface area contributed by atoms with Crippen LogP contribution in [-0.4, -0.2) is 0 Å². The number of benzene rings is 7. The Balaban J connectivity index is 1.13. The molecule has 3 heteroatoms. The minimum Gasteiger partial charge on any atom is -0.459 e. The Morgan fingerprint density at radius 2 is 1.00 bits per heavy atom. The molecule has 218 valence electrons. The van der Waals surface area contributed by atoms with Gasteiger partial charge in [-0.15, -0.1) is 0 Å². The topological polar surface area (TPSA) is 28.4 Å². The quantitative estimate of drug-likeness (QED) is 0.216. The van der Waals surface area contributed by atoms with Gasteiger partial charge in [-0.25, -0.2) is 0 Å². The summed E-state index contributed by atoms with van der Waals surface area (Å²) in [7, 11) is 0. The molecule has 0 saturated carbocycles. The molecule has 7 aromatic carbocycles. The van der Waals surface area contributed by atoms with Crippen LogP contribution in [0.1, 0.15) is 11.3 Å². The van der Waals surface area contributed by atoms with Gasteiger partial charge in [-0.3, -0.25) is 0 Å². The number of nitrogens with zero attached hydrogens (tertiary/aromatic N) is 1. The van der Waals surface area contributed by atoms with Crippen molar-refractivity contribution in [3.63, 3.8) is 0 Å². The summed E-state index contributed by atoms with van der Waals surface area (Å²) < 4.78 is 6.19. The van der Waals surface area contributed by atoms with Gasteiger partial charge in [0.15, 0.2) is 0 Å². The van der Waals surface area contributed by atoms with Crippen molar-refractivity contribution in [1.82, 2.24) is 5.32 Å². The highest BCUT2D eigenvalue weighted by atomic mass is 16.3. The van der Waals surface area contributed by atoms with Gasteiger partial charge in [0, 0.05) is 28.0 Å². The fraction of sp³-hybridized carbons (Fsp3) is 0.0233. The smallest absolute Gasteiger partial charge is 0.135 e. The second-order valence-corrected chi connectivity index (χ2v) is 11.9. The zero-order valence-corrected chi connectivity index (χ0v) is 25.2. The second-order valence-electron chi connectivity index (χ2n) is 11.9. The fourth-order valence-corrected chi connectivity index (χ4v) is 6.69. The Morgan fingerprint density at radius 1 is 0.478 bits per heavy atom. The van der Waals surface area contributed by atoms with E-state index in [0.717, 1.165) is 39.4 Å². The molecule has 0 spiro atoms. The monoisotopic (exact) mass is 590 g/mol. The Hall–Kier alpha value is -6.06. The highest BCUT2D eigenvalue weighted by molar-refractivity contribution is 5.94. The minimum absolute atomic E-state index is 0.700. The van der Waals surface area contributed by atoms with Gasteiger partial charge in [-0.05, 0) is 111 Å². The van der Waals surface area contributed by atoms with Crippen molar-refractivity contribution < 1.29 is 4.42 Å². The van der Waals surface area contributed by atoms with Crippen molar-refractivity contribution in [3.8, 4) is 22.3 Å². The summed E-state index contributed by atoms with van der Waals surface area (Å²) in [5.41, 5.74) is 10.1. The largest absolute Gasteiger partial charge is 0.459 e. The van der Waals surface area contributed by atoms with Crippen LogP contribution >= 0.6 is 0 Å². The molecule has 0 atom stereocenters. The summed E-state index contributed by atoms with van der Waals surface area (Å²) >= 11 is 0. The number of hydrogen-bond donors (Lipinski definition) is 1. The first-order chi connectivity index (χ1) is 22.8. The minimum atomic E-state index is 0.700. The van der Waals surface area contributed by atoms with Crippen LogP contribution in [0.5, 0.6) is 0 Å². The number of furan rings is 1. The summed E-state index contributed by atoms with van der Waals surface area (Å²) in [4.78, 5) is 2.33. The van der Waals surface area contributed by atoms with Crippen molar-refractivity contribution in [2.45, 2.75) is 6.54 Å². The molecule has 0 aliphatic carbocycles. The molecule has 1 aliphatic heterocycles.